The van der Waals surface area contributed by atoms with Gasteiger partial charge in [0.15, 0.2) is 0 Å². The normalized spacial score (nSPS) is 17.6. The topological polar surface area (TPSA) is 66.8 Å². The van der Waals surface area contributed by atoms with Crippen LogP contribution < -0.4 is 0 Å². The van der Waals surface area contributed by atoms with Crippen LogP contribution >= 0.6 is 11.6 Å². The van der Waals surface area contributed by atoms with Crippen molar-refractivity contribution in [2.75, 3.05) is 13.2 Å². The molecule has 0 spiro atoms. The first-order chi connectivity index (χ1) is 14.0. The second-order valence-corrected chi connectivity index (χ2v) is 8.18. The Morgan fingerprint density at radius 1 is 1.28 bits per heavy atom. The standard InChI is InChI=1S/C23H34ClNO4/c1-2-29-23(28)11-5-3-4-8-16-25-19(13-15-22(25)27)12-14-20(26)17-18-9-6-7-10-21(18)24/h6-7,9-10,19-20,26H,2-5,8,11-17H2,1H3/t19-,20+/m0/s1. The number of ether oxygens (including phenoxy) is 1. The number of hydrogen-bond acceptors (Lipinski definition) is 4. The van der Waals surface area contributed by atoms with E-state index in [0.717, 1.165) is 50.6 Å². The Morgan fingerprint density at radius 2 is 2.03 bits per heavy atom. The molecule has 1 fully saturated rings. The number of aliphatic hydroxyl groups is 1. The second kappa shape index (κ2) is 12.9. The van der Waals surface area contributed by atoms with Crippen molar-refractivity contribution in [3.05, 3.63) is 34.9 Å². The van der Waals surface area contributed by atoms with Crippen LogP contribution in [0.1, 0.15) is 70.3 Å². The minimum absolute atomic E-state index is 0.127. The van der Waals surface area contributed by atoms with Crippen LogP contribution in [0.5, 0.6) is 0 Å². The van der Waals surface area contributed by atoms with Crippen LogP contribution in [-0.4, -0.2) is 47.2 Å². The van der Waals surface area contributed by atoms with E-state index in [4.69, 9.17) is 16.3 Å². The Kier molecular flexibility index (Phi) is 10.5. The van der Waals surface area contributed by atoms with Crippen molar-refractivity contribution in [3.63, 3.8) is 0 Å². The molecule has 162 valence electrons. The molecule has 2 rings (SSSR count). The highest BCUT2D eigenvalue weighted by Crippen LogP contribution is 2.25. The number of nitrogens with zero attached hydrogens (tertiary/aromatic N) is 1. The van der Waals surface area contributed by atoms with E-state index < -0.39 is 6.10 Å². The van der Waals surface area contributed by atoms with Crippen molar-refractivity contribution < 1.29 is 19.4 Å². The van der Waals surface area contributed by atoms with Gasteiger partial charge in [0.1, 0.15) is 0 Å². The summed E-state index contributed by atoms with van der Waals surface area (Å²) < 4.78 is 4.93. The predicted octanol–water partition coefficient (Wildman–Crippen LogP) is 4.53. The van der Waals surface area contributed by atoms with Gasteiger partial charge in [-0.25, -0.2) is 0 Å². The highest BCUT2D eigenvalue weighted by Gasteiger charge is 2.30. The summed E-state index contributed by atoms with van der Waals surface area (Å²) in [7, 11) is 0. The van der Waals surface area contributed by atoms with Gasteiger partial charge in [0.25, 0.3) is 0 Å². The second-order valence-electron chi connectivity index (χ2n) is 7.78. The van der Waals surface area contributed by atoms with Crippen molar-refractivity contribution in [2.24, 2.45) is 0 Å². The molecule has 5 nitrogen and oxygen atoms in total. The highest BCUT2D eigenvalue weighted by molar-refractivity contribution is 6.31. The minimum atomic E-state index is -0.449. The maximum atomic E-state index is 12.2. The lowest BCUT2D eigenvalue weighted by atomic mass is 10.0. The molecular weight excluding hydrogens is 390 g/mol. The largest absolute Gasteiger partial charge is 0.466 e. The quantitative estimate of drug-likeness (QED) is 0.374. The lowest BCUT2D eigenvalue weighted by Gasteiger charge is -2.26. The molecule has 0 unspecified atom stereocenters. The summed E-state index contributed by atoms with van der Waals surface area (Å²) in [6.45, 7) is 3.02. The van der Waals surface area contributed by atoms with E-state index in [1.807, 2.05) is 36.1 Å². The summed E-state index contributed by atoms with van der Waals surface area (Å²) in [6, 6.07) is 7.82. The van der Waals surface area contributed by atoms with Crippen LogP contribution in [0.4, 0.5) is 0 Å². The van der Waals surface area contributed by atoms with E-state index >= 15 is 0 Å². The van der Waals surface area contributed by atoms with E-state index in [1.54, 1.807) is 0 Å². The number of esters is 1. The average Bonchev–Trinajstić information content (AvgIpc) is 3.04. The molecule has 1 saturated heterocycles. The summed E-state index contributed by atoms with van der Waals surface area (Å²) in [5, 5.41) is 11.1. The maximum Gasteiger partial charge on any atom is 0.305 e. The van der Waals surface area contributed by atoms with E-state index in [2.05, 4.69) is 0 Å². The fourth-order valence-corrected chi connectivity index (χ4v) is 4.16. The number of unbranched alkanes of at least 4 members (excludes halogenated alkanes) is 3. The third kappa shape index (κ3) is 8.35. The van der Waals surface area contributed by atoms with Crippen molar-refractivity contribution in [1.82, 2.24) is 4.90 Å². The zero-order chi connectivity index (χ0) is 21.1. The number of carbonyl (C=O) groups is 2. The number of carbonyl (C=O) groups excluding carboxylic acids is 2. The number of amides is 1. The molecular formula is C23H34ClNO4. The molecule has 0 saturated carbocycles. The van der Waals surface area contributed by atoms with Crippen LogP contribution in [0.15, 0.2) is 24.3 Å². The Hall–Kier alpha value is -1.59. The van der Waals surface area contributed by atoms with Gasteiger partial charge in [0.05, 0.1) is 12.7 Å². The van der Waals surface area contributed by atoms with Crippen LogP contribution in [0.25, 0.3) is 0 Å². The Bertz CT molecular complexity index is 652. The third-order valence-corrected chi connectivity index (χ3v) is 5.90. The number of hydrogen-bond donors (Lipinski definition) is 1. The average molecular weight is 424 g/mol. The smallest absolute Gasteiger partial charge is 0.305 e. The van der Waals surface area contributed by atoms with Gasteiger partial charge < -0.3 is 14.7 Å². The molecule has 0 aliphatic carbocycles. The first kappa shape index (κ1) is 23.7. The van der Waals surface area contributed by atoms with Crippen LogP contribution in [0, 0.1) is 0 Å². The zero-order valence-corrected chi connectivity index (χ0v) is 18.2. The van der Waals surface area contributed by atoms with Crippen molar-refractivity contribution >= 4 is 23.5 Å². The number of aliphatic hydroxyl groups excluding tert-OH is 1. The third-order valence-electron chi connectivity index (χ3n) is 5.53. The Labute approximate surface area is 179 Å². The molecule has 29 heavy (non-hydrogen) atoms. The number of rotatable bonds is 13. The molecule has 0 bridgehead atoms. The van der Waals surface area contributed by atoms with Gasteiger partial charge >= 0.3 is 5.97 Å². The monoisotopic (exact) mass is 423 g/mol. The number of likely N-dealkylation sites (tertiary alicyclic amines) is 1. The molecule has 2 atom stereocenters. The van der Waals surface area contributed by atoms with E-state index in [-0.39, 0.29) is 17.9 Å². The van der Waals surface area contributed by atoms with Gasteiger partial charge in [-0.15, -0.1) is 0 Å². The molecule has 6 heteroatoms. The van der Waals surface area contributed by atoms with E-state index in [9.17, 15) is 14.7 Å². The van der Waals surface area contributed by atoms with Gasteiger partial charge in [0.2, 0.25) is 5.91 Å². The van der Waals surface area contributed by atoms with Gasteiger partial charge in [-0.05, 0) is 57.1 Å². The lowest BCUT2D eigenvalue weighted by molar-refractivity contribution is -0.143. The highest BCUT2D eigenvalue weighted by atomic mass is 35.5. The number of benzene rings is 1. The minimum Gasteiger partial charge on any atom is -0.466 e. The van der Waals surface area contributed by atoms with Gasteiger partial charge in [0, 0.05) is 30.5 Å². The Balaban J connectivity index is 1.66. The zero-order valence-electron chi connectivity index (χ0n) is 17.4. The molecule has 0 radical (unpaired) electrons. The summed E-state index contributed by atoms with van der Waals surface area (Å²) in [5.41, 5.74) is 0.962. The molecule has 1 aliphatic rings. The number of halogens is 1. The van der Waals surface area contributed by atoms with Gasteiger partial charge in [-0.1, -0.05) is 42.6 Å². The van der Waals surface area contributed by atoms with Crippen LogP contribution in [0.2, 0.25) is 5.02 Å². The van der Waals surface area contributed by atoms with Crippen molar-refractivity contribution in [2.45, 2.75) is 83.3 Å². The first-order valence-corrected chi connectivity index (χ1v) is 11.3. The fraction of sp³-hybridized carbons (Fsp3) is 0.652. The molecule has 1 heterocycles. The molecule has 1 aromatic carbocycles. The SMILES string of the molecule is CCOC(=O)CCCCCCN1C(=O)CC[C@@H]1CC[C@@H](O)Cc1ccccc1Cl. The fourth-order valence-electron chi connectivity index (χ4n) is 3.94. The van der Waals surface area contributed by atoms with Gasteiger partial charge in [-0.2, -0.15) is 0 Å². The van der Waals surface area contributed by atoms with Gasteiger partial charge in [-0.3, -0.25) is 9.59 Å². The van der Waals surface area contributed by atoms with E-state index in [0.29, 0.717) is 37.3 Å². The lowest BCUT2D eigenvalue weighted by Crippen LogP contribution is -2.34. The first-order valence-electron chi connectivity index (χ1n) is 10.9. The summed E-state index contributed by atoms with van der Waals surface area (Å²) in [5.74, 6) is 0.0970. The molecule has 1 aliphatic heterocycles. The van der Waals surface area contributed by atoms with Crippen molar-refractivity contribution in [3.8, 4) is 0 Å². The van der Waals surface area contributed by atoms with Crippen LogP contribution in [-0.2, 0) is 20.7 Å². The predicted molar refractivity (Wildman–Crippen MR) is 115 cm³/mol. The van der Waals surface area contributed by atoms with Crippen LogP contribution in [0.3, 0.4) is 0 Å². The summed E-state index contributed by atoms with van der Waals surface area (Å²) in [4.78, 5) is 25.6. The summed E-state index contributed by atoms with van der Waals surface area (Å²) in [6.07, 6.45) is 7.30. The molecule has 0 aromatic heterocycles. The Morgan fingerprint density at radius 3 is 2.79 bits per heavy atom. The maximum absolute atomic E-state index is 12.2. The molecule has 1 aromatic rings. The molecule has 1 N–H and O–H groups in total. The summed E-state index contributed by atoms with van der Waals surface area (Å²) >= 11 is 6.17. The van der Waals surface area contributed by atoms with Crippen molar-refractivity contribution in [1.29, 1.82) is 0 Å². The van der Waals surface area contributed by atoms with E-state index in [1.165, 1.54) is 0 Å². The molecule has 1 amide bonds.